The fourth-order valence-corrected chi connectivity index (χ4v) is 1.98. The fraction of sp³-hybridized carbons (Fsp3) is 0.467. The van der Waals surface area contributed by atoms with Crippen LogP contribution in [0.2, 0.25) is 0 Å². The Balaban J connectivity index is 2.74. The lowest BCUT2D eigenvalue weighted by Gasteiger charge is -2.27. The van der Waals surface area contributed by atoms with E-state index in [1.165, 1.54) is 4.90 Å². The largest absolute Gasteiger partial charge is 0.480 e. The van der Waals surface area contributed by atoms with Gasteiger partial charge in [-0.05, 0) is 19.4 Å². The van der Waals surface area contributed by atoms with Crippen LogP contribution in [-0.4, -0.2) is 52.3 Å². The summed E-state index contributed by atoms with van der Waals surface area (Å²) >= 11 is 0. The number of carboxylic acid groups (broad SMARTS) is 1. The zero-order chi connectivity index (χ0) is 15.8. The topological polar surface area (TPSA) is 89.9 Å². The number of carbonyl (C=O) groups is 2. The molecule has 0 saturated heterocycles. The third-order valence-electron chi connectivity index (χ3n) is 3.10. The van der Waals surface area contributed by atoms with Crippen molar-refractivity contribution in [2.45, 2.75) is 32.4 Å². The van der Waals surface area contributed by atoms with Gasteiger partial charge in [0.2, 0.25) is 0 Å². The molecule has 6 heteroatoms. The number of carbonyl (C=O) groups excluding carboxylic acids is 1. The number of aliphatic carboxylic acids is 1. The Morgan fingerprint density at radius 1 is 1.24 bits per heavy atom. The number of aliphatic hydroxyl groups excluding tert-OH is 1. The molecule has 0 fully saturated rings. The van der Waals surface area contributed by atoms with Crippen LogP contribution in [0.25, 0.3) is 0 Å². The third kappa shape index (κ3) is 5.43. The lowest BCUT2D eigenvalue weighted by atomic mass is 10.1. The maximum absolute atomic E-state index is 12.1. The van der Waals surface area contributed by atoms with Crippen LogP contribution in [0.4, 0.5) is 4.79 Å². The average molecular weight is 294 g/mol. The van der Waals surface area contributed by atoms with Crippen LogP contribution >= 0.6 is 0 Å². The highest BCUT2D eigenvalue weighted by molar-refractivity contribution is 5.83. The molecule has 0 aliphatic rings. The van der Waals surface area contributed by atoms with Crippen molar-refractivity contribution < 1.29 is 19.8 Å². The number of aliphatic hydroxyl groups is 1. The highest BCUT2D eigenvalue weighted by atomic mass is 16.4. The SMILES string of the molecule is CC(C)N(CCO)C(=O)N[C@H](Cc1ccccc1)C(=O)O. The van der Waals surface area contributed by atoms with E-state index in [4.69, 9.17) is 5.11 Å². The summed E-state index contributed by atoms with van der Waals surface area (Å²) in [7, 11) is 0. The molecule has 1 aromatic carbocycles. The van der Waals surface area contributed by atoms with Gasteiger partial charge in [0.1, 0.15) is 6.04 Å². The molecule has 6 nitrogen and oxygen atoms in total. The second-order valence-electron chi connectivity index (χ2n) is 5.04. The molecule has 0 aliphatic carbocycles. The first kappa shape index (κ1) is 17.0. The predicted octanol–water partition coefficient (Wildman–Crippen LogP) is 1.09. The summed E-state index contributed by atoms with van der Waals surface area (Å²) < 4.78 is 0. The van der Waals surface area contributed by atoms with Crippen molar-refractivity contribution in [2.24, 2.45) is 0 Å². The number of nitrogens with one attached hydrogen (secondary N) is 1. The summed E-state index contributed by atoms with van der Waals surface area (Å²) in [5.41, 5.74) is 0.837. The van der Waals surface area contributed by atoms with Gasteiger partial charge < -0.3 is 20.4 Å². The summed E-state index contributed by atoms with van der Waals surface area (Å²) in [6.45, 7) is 3.62. The highest BCUT2D eigenvalue weighted by Crippen LogP contribution is 2.05. The molecule has 1 rings (SSSR count). The van der Waals surface area contributed by atoms with Crippen molar-refractivity contribution in [3.05, 3.63) is 35.9 Å². The Bertz CT molecular complexity index is 462. The highest BCUT2D eigenvalue weighted by Gasteiger charge is 2.24. The molecule has 3 N–H and O–H groups in total. The minimum absolute atomic E-state index is 0.122. The van der Waals surface area contributed by atoms with Gasteiger partial charge in [0.25, 0.3) is 0 Å². The molecule has 21 heavy (non-hydrogen) atoms. The molecule has 0 aliphatic heterocycles. The molecule has 0 spiro atoms. The van der Waals surface area contributed by atoms with Crippen molar-refractivity contribution in [1.82, 2.24) is 10.2 Å². The Hall–Kier alpha value is -2.08. The number of amides is 2. The first-order chi connectivity index (χ1) is 9.95. The minimum Gasteiger partial charge on any atom is -0.480 e. The molecular weight excluding hydrogens is 272 g/mol. The Morgan fingerprint density at radius 2 is 1.86 bits per heavy atom. The van der Waals surface area contributed by atoms with Crippen LogP contribution in [0.5, 0.6) is 0 Å². The maximum Gasteiger partial charge on any atom is 0.326 e. The normalized spacial score (nSPS) is 12.0. The Labute approximate surface area is 124 Å². The van der Waals surface area contributed by atoms with Gasteiger partial charge in [0, 0.05) is 19.0 Å². The van der Waals surface area contributed by atoms with Gasteiger partial charge in [0.15, 0.2) is 0 Å². The summed E-state index contributed by atoms with van der Waals surface area (Å²) in [6, 6.07) is 7.52. The van der Waals surface area contributed by atoms with Gasteiger partial charge in [-0.15, -0.1) is 0 Å². The van der Waals surface area contributed by atoms with E-state index in [9.17, 15) is 14.7 Å². The van der Waals surface area contributed by atoms with Crippen LogP contribution in [0.1, 0.15) is 19.4 Å². The van der Waals surface area contributed by atoms with Crippen molar-refractivity contribution in [3.8, 4) is 0 Å². The van der Waals surface area contributed by atoms with E-state index in [0.717, 1.165) is 5.56 Å². The van der Waals surface area contributed by atoms with Gasteiger partial charge >= 0.3 is 12.0 Å². The molecule has 116 valence electrons. The van der Waals surface area contributed by atoms with E-state index >= 15 is 0 Å². The molecule has 1 aromatic rings. The molecule has 0 unspecified atom stereocenters. The maximum atomic E-state index is 12.1. The monoisotopic (exact) mass is 294 g/mol. The Morgan fingerprint density at radius 3 is 2.33 bits per heavy atom. The van der Waals surface area contributed by atoms with E-state index in [1.54, 1.807) is 0 Å². The molecule has 0 aromatic heterocycles. The van der Waals surface area contributed by atoms with Gasteiger partial charge in [-0.2, -0.15) is 0 Å². The molecule has 2 amide bonds. The number of rotatable bonds is 7. The second-order valence-corrected chi connectivity index (χ2v) is 5.04. The number of hydrogen-bond donors (Lipinski definition) is 3. The Kier molecular flexibility index (Phi) is 6.68. The number of benzene rings is 1. The molecule has 0 heterocycles. The van der Waals surface area contributed by atoms with Crippen LogP contribution in [0, 0.1) is 0 Å². The van der Waals surface area contributed by atoms with Gasteiger partial charge in [-0.25, -0.2) is 9.59 Å². The second kappa shape index (κ2) is 8.26. The first-order valence-corrected chi connectivity index (χ1v) is 6.90. The zero-order valence-electron chi connectivity index (χ0n) is 12.3. The number of carboxylic acids is 1. The standard InChI is InChI=1S/C15H22N2O4/c1-11(2)17(8-9-18)15(21)16-13(14(19)20)10-12-6-4-3-5-7-12/h3-7,11,13,18H,8-10H2,1-2H3,(H,16,21)(H,19,20)/t13-/m1/s1. The van der Waals surface area contributed by atoms with Crippen LogP contribution in [0.3, 0.4) is 0 Å². The van der Waals surface area contributed by atoms with Crippen molar-refractivity contribution >= 4 is 12.0 Å². The summed E-state index contributed by atoms with van der Waals surface area (Å²) in [4.78, 5) is 24.8. The third-order valence-corrected chi connectivity index (χ3v) is 3.10. The van der Waals surface area contributed by atoms with Crippen LogP contribution in [0.15, 0.2) is 30.3 Å². The lowest BCUT2D eigenvalue weighted by Crippen LogP contribution is -2.51. The average Bonchev–Trinajstić information content (AvgIpc) is 2.44. The van der Waals surface area contributed by atoms with Crippen LogP contribution in [-0.2, 0) is 11.2 Å². The smallest absolute Gasteiger partial charge is 0.326 e. The minimum atomic E-state index is -1.08. The molecule has 0 bridgehead atoms. The molecule has 0 saturated carbocycles. The van der Waals surface area contributed by atoms with E-state index in [2.05, 4.69) is 5.32 Å². The van der Waals surface area contributed by atoms with Gasteiger partial charge in [-0.3, -0.25) is 0 Å². The van der Waals surface area contributed by atoms with Crippen molar-refractivity contribution in [2.75, 3.05) is 13.2 Å². The number of urea groups is 1. The predicted molar refractivity (Wildman–Crippen MR) is 79.0 cm³/mol. The molecule has 0 radical (unpaired) electrons. The fourth-order valence-electron chi connectivity index (χ4n) is 1.98. The van der Waals surface area contributed by atoms with Gasteiger partial charge in [0.05, 0.1) is 6.61 Å². The number of nitrogens with zero attached hydrogens (tertiary/aromatic N) is 1. The summed E-state index contributed by atoms with van der Waals surface area (Å²) in [6.07, 6.45) is 0.215. The summed E-state index contributed by atoms with van der Waals surface area (Å²) in [5, 5.41) is 20.7. The van der Waals surface area contributed by atoms with E-state index in [-0.39, 0.29) is 25.6 Å². The number of hydrogen-bond acceptors (Lipinski definition) is 3. The van der Waals surface area contributed by atoms with Gasteiger partial charge in [-0.1, -0.05) is 30.3 Å². The van der Waals surface area contributed by atoms with Crippen LogP contribution < -0.4 is 5.32 Å². The van der Waals surface area contributed by atoms with Crippen molar-refractivity contribution in [1.29, 1.82) is 0 Å². The van der Waals surface area contributed by atoms with E-state index in [0.29, 0.717) is 0 Å². The molecular formula is C15H22N2O4. The first-order valence-electron chi connectivity index (χ1n) is 6.90. The van der Waals surface area contributed by atoms with E-state index in [1.807, 2.05) is 44.2 Å². The van der Waals surface area contributed by atoms with Crippen molar-refractivity contribution in [3.63, 3.8) is 0 Å². The zero-order valence-corrected chi connectivity index (χ0v) is 12.3. The summed E-state index contributed by atoms with van der Waals surface area (Å²) in [5.74, 6) is -1.08. The lowest BCUT2D eigenvalue weighted by molar-refractivity contribution is -0.139. The quantitative estimate of drug-likeness (QED) is 0.702. The van der Waals surface area contributed by atoms with E-state index < -0.39 is 18.0 Å². The molecule has 1 atom stereocenters.